The van der Waals surface area contributed by atoms with Gasteiger partial charge in [-0.15, -0.1) is 0 Å². The molecule has 0 spiro atoms. The van der Waals surface area contributed by atoms with E-state index in [9.17, 15) is 16.8 Å². The van der Waals surface area contributed by atoms with Gasteiger partial charge in [0.05, 0.1) is 21.0 Å². The molecule has 1 aromatic heterocycles. The van der Waals surface area contributed by atoms with Gasteiger partial charge in [-0.3, -0.25) is 0 Å². The number of sulfonamides is 1. The van der Waals surface area contributed by atoms with E-state index in [1.165, 1.54) is 6.33 Å². The molecule has 4 fully saturated rings. The predicted molar refractivity (Wildman–Crippen MR) is 128 cm³/mol. The Balaban J connectivity index is 1.14. The molecule has 3 heterocycles. The highest BCUT2D eigenvalue weighted by Gasteiger charge is 2.52. The van der Waals surface area contributed by atoms with Crippen LogP contribution in [0.2, 0.25) is 0 Å². The Hall–Kier alpha value is -2.24. The summed E-state index contributed by atoms with van der Waals surface area (Å²) in [5, 5.41) is -0.441. The number of hydrogen-bond donors (Lipinski definition) is 0. The summed E-state index contributed by atoms with van der Waals surface area (Å²) in [6.45, 7) is 1.82. The van der Waals surface area contributed by atoms with E-state index in [1.54, 1.807) is 28.6 Å². The fraction of sp³-hybridized carbons (Fsp3) is 0.583. The summed E-state index contributed by atoms with van der Waals surface area (Å²) in [5.74, 6) is 1.24. The van der Waals surface area contributed by atoms with Crippen LogP contribution in [-0.4, -0.2) is 59.8 Å². The van der Waals surface area contributed by atoms with E-state index in [0.717, 1.165) is 38.5 Å². The molecule has 0 radical (unpaired) electrons. The van der Waals surface area contributed by atoms with E-state index >= 15 is 0 Å². The fourth-order valence-electron chi connectivity index (χ4n) is 5.31. The number of sulfone groups is 1. The van der Waals surface area contributed by atoms with Gasteiger partial charge >= 0.3 is 0 Å². The van der Waals surface area contributed by atoms with E-state index in [-0.39, 0.29) is 28.7 Å². The lowest BCUT2D eigenvalue weighted by atomic mass is 10.0. The van der Waals surface area contributed by atoms with Crippen molar-refractivity contribution in [3.8, 4) is 17.5 Å². The Bertz CT molecular complexity index is 1320. The largest absolute Gasteiger partial charge is 0.474 e. The van der Waals surface area contributed by atoms with Crippen LogP contribution < -0.4 is 9.47 Å². The highest BCUT2D eigenvalue weighted by atomic mass is 32.2. The summed E-state index contributed by atoms with van der Waals surface area (Å²) in [4.78, 5) is 8.84. The molecule has 0 amide bonds. The molecule has 9 nitrogen and oxygen atoms in total. The second-order valence-electron chi connectivity index (χ2n) is 10.1. The van der Waals surface area contributed by atoms with Gasteiger partial charge in [0.1, 0.15) is 18.2 Å². The van der Waals surface area contributed by atoms with Crippen molar-refractivity contribution in [2.24, 2.45) is 0 Å². The van der Waals surface area contributed by atoms with E-state index in [0.29, 0.717) is 40.8 Å². The van der Waals surface area contributed by atoms with Crippen LogP contribution in [0.25, 0.3) is 0 Å². The SMILES string of the molecule is Cc1c(Oc2ccc(S(=O)(=O)C3CC3)cc2)ncnc1O[C@H]1CC2CC[C@@H](C1)N2S(=O)(=O)C1CC1. The summed E-state index contributed by atoms with van der Waals surface area (Å²) in [7, 11) is -6.44. The van der Waals surface area contributed by atoms with Crippen LogP contribution in [0.4, 0.5) is 0 Å². The number of rotatable bonds is 8. The second-order valence-corrected chi connectivity index (χ2v) is 14.4. The molecular weight excluding hydrogens is 490 g/mol. The van der Waals surface area contributed by atoms with Gasteiger partial charge in [-0.05, 0) is 69.7 Å². The molecule has 1 aromatic carbocycles. The maximum atomic E-state index is 12.9. The summed E-state index contributed by atoms with van der Waals surface area (Å²) in [6.07, 6.45) is 7.32. The van der Waals surface area contributed by atoms with Gasteiger partial charge in [0.25, 0.3) is 0 Å². The van der Waals surface area contributed by atoms with Crippen molar-refractivity contribution < 1.29 is 26.3 Å². The number of fused-ring (bicyclic) bond motifs is 2. The zero-order chi connectivity index (χ0) is 24.4. The predicted octanol–water partition coefficient (Wildman–Crippen LogP) is 3.38. The molecule has 2 bridgehead atoms. The quantitative estimate of drug-likeness (QED) is 0.521. The van der Waals surface area contributed by atoms with Crippen molar-refractivity contribution in [3.63, 3.8) is 0 Å². The average Bonchev–Trinajstić information content (AvgIpc) is 3.73. The molecule has 11 heteroatoms. The summed E-state index contributed by atoms with van der Waals surface area (Å²) >= 11 is 0. The smallest absolute Gasteiger partial charge is 0.229 e. The maximum Gasteiger partial charge on any atom is 0.229 e. The maximum absolute atomic E-state index is 12.9. The lowest BCUT2D eigenvalue weighted by Gasteiger charge is -2.37. The number of nitrogens with zero attached hydrogens (tertiary/aromatic N) is 3. The molecular formula is C24H29N3O6S2. The van der Waals surface area contributed by atoms with Crippen molar-refractivity contribution >= 4 is 19.9 Å². The lowest BCUT2D eigenvalue weighted by Crippen LogP contribution is -2.50. The number of hydrogen-bond acceptors (Lipinski definition) is 8. The Labute approximate surface area is 205 Å². The van der Waals surface area contributed by atoms with Crippen molar-refractivity contribution in [2.75, 3.05) is 0 Å². The van der Waals surface area contributed by atoms with Gasteiger partial charge in [-0.25, -0.2) is 26.8 Å². The Morgan fingerprint density at radius 3 is 2.03 bits per heavy atom. The van der Waals surface area contributed by atoms with Crippen LogP contribution in [0, 0.1) is 6.92 Å². The van der Waals surface area contributed by atoms with E-state index in [4.69, 9.17) is 9.47 Å². The number of ether oxygens (including phenoxy) is 2. The second kappa shape index (κ2) is 8.41. The van der Waals surface area contributed by atoms with Gasteiger partial charge < -0.3 is 9.47 Å². The molecule has 2 saturated carbocycles. The molecule has 0 N–H and O–H groups in total. The summed E-state index contributed by atoms with van der Waals surface area (Å²) in [5.41, 5.74) is 0.641. The zero-order valence-corrected chi connectivity index (χ0v) is 21.2. The van der Waals surface area contributed by atoms with Gasteiger partial charge in [-0.1, -0.05) is 0 Å². The van der Waals surface area contributed by atoms with Crippen LogP contribution in [0.15, 0.2) is 35.5 Å². The van der Waals surface area contributed by atoms with Gasteiger partial charge in [0.15, 0.2) is 9.84 Å². The van der Waals surface area contributed by atoms with Gasteiger partial charge in [0, 0.05) is 24.9 Å². The third-order valence-corrected chi connectivity index (χ3v) is 12.2. The van der Waals surface area contributed by atoms with Gasteiger partial charge in [-0.2, -0.15) is 4.31 Å². The van der Waals surface area contributed by atoms with Crippen LogP contribution in [0.1, 0.15) is 56.9 Å². The molecule has 2 aliphatic carbocycles. The number of benzene rings is 1. The minimum atomic E-state index is -3.25. The van der Waals surface area contributed by atoms with Crippen LogP contribution >= 0.6 is 0 Å². The molecule has 4 aliphatic rings. The minimum Gasteiger partial charge on any atom is -0.474 e. The molecule has 35 heavy (non-hydrogen) atoms. The fourth-order valence-corrected chi connectivity index (χ4v) is 9.26. The van der Waals surface area contributed by atoms with Crippen molar-refractivity contribution in [3.05, 3.63) is 36.2 Å². The molecule has 2 saturated heterocycles. The monoisotopic (exact) mass is 519 g/mol. The first-order valence-electron chi connectivity index (χ1n) is 12.3. The average molecular weight is 520 g/mol. The third-order valence-electron chi connectivity index (χ3n) is 7.46. The van der Waals surface area contributed by atoms with E-state index < -0.39 is 19.9 Å². The number of piperidine rings is 1. The Morgan fingerprint density at radius 2 is 1.43 bits per heavy atom. The molecule has 6 rings (SSSR count). The van der Waals surface area contributed by atoms with Crippen molar-refractivity contribution in [1.29, 1.82) is 0 Å². The summed E-state index contributed by atoms with van der Waals surface area (Å²) in [6, 6.07) is 6.38. The first-order valence-corrected chi connectivity index (χ1v) is 15.3. The first kappa shape index (κ1) is 23.2. The topological polar surface area (TPSA) is 116 Å². The lowest BCUT2D eigenvalue weighted by molar-refractivity contribution is 0.0906. The first-order chi connectivity index (χ1) is 16.7. The normalized spacial score (nSPS) is 27.1. The Morgan fingerprint density at radius 1 is 0.829 bits per heavy atom. The van der Waals surface area contributed by atoms with Crippen molar-refractivity contribution in [2.45, 2.75) is 91.9 Å². The number of aromatic nitrogens is 2. The Kier molecular flexibility index (Phi) is 5.57. The summed E-state index contributed by atoms with van der Waals surface area (Å²) < 4.78 is 64.5. The molecule has 2 aliphatic heterocycles. The van der Waals surface area contributed by atoms with Crippen LogP contribution in [-0.2, 0) is 19.9 Å². The standard InChI is InChI=1S/C24H29N3O6S2/c1-15-23(32-18-4-6-20(7-5-18)34(28,29)21-8-9-21)25-14-26-24(15)33-19-12-16-2-3-17(13-19)27(16)35(30,31)22-10-11-22/h4-7,14,16-17,19,21-22H,2-3,8-13H2,1H3/t16-,17?,19+/m0/s1. The third kappa shape index (κ3) is 4.31. The van der Waals surface area contributed by atoms with E-state index in [1.807, 2.05) is 6.92 Å². The molecule has 1 unspecified atom stereocenters. The molecule has 2 aromatic rings. The van der Waals surface area contributed by atoms with E-state index in [2.05, 4.69) is 9.97 Å². The van der Waals surface area contributed by atoms with Gasteiger partial charge in [0.2, 0.25) is 21.8 Å². The highest BCUT2D eigenvalue weighted by molar-refractivity contribution is 7.92. The van der Waals surface area contributed by atoms with Crippen LogP contribution in [0.5, 0.6) is 17.5 Å². The highest BCUT2D eigenvalue weighted by Crippen LogP contribution is 2.44. The minimum absolute atomic E-state index is 0.00681. The zero-order valence-electron chi connectivity index (χ0n) is 19.5. The molecule has 3 atom stereocenters. The van der Waals surface area contributed by atoms with Crippen molar-refractivity contribution in [1.82, 2.24) is 14.3 Å². The van der Waals surface area contributed by atoms with Crippen LogP contribution in [0.3, 0.4) is 0 Å². The molecule has 188 valence electrons.